The lowest BCUT2D eigenvalue weighted by Crippen LogP contribution is -2.25. The standard InChI is InChI=1S/C17H29NO/c1-6-18-16(13-17(2,3)4)15-9-7-14(8-10-15)11-12-19-5/h7-10,16,18H,6,11-13H2,1-5H3. The normalized spacial score (nSPS) is 13.5. The first-order valence-corrected chi connectivity index (χ1v) is 7.27. The summed E-state index contributed by atoms with van der Waals surface area (Å²) in [7, 11) is 1.75. The Morgan fingerprint density at radius 3 is 2.26 bits per heavy atom. The van der Waals surface area contributed by atoms with Crippen LogP contribution >= 0.6 is 0 Å². The van der Waals surface area contributed by atoms with Gasteiger partial charge in [-0.2, -0.15) is 0 Å². The molecule has 0 fully saturated rings. The van der Waals surface area contributed by atoms with Crippen LogP contribution in [-0.2, 0) is 11.2 Å². The van der Waals surface area contributed by atoms with Crippen molar-refractivity contribution in [3.05, 3.63) is 35.4 Å². The maximum absolute atomic E-state index is 5.12. The molecule has 1 unspecified atom stereocenters. The van der Waals surface area contributed by atoms with E-state index in [0.717, 1.165) is 26.0 Å². The highest BCUT2D eigenvalue weighted by atomic mass is 16.5. The van der Waals surface area contributed by atoms with Crippen LogP contribution in [0.15, 0.2) is 24.3 Å². The number of hydrogen-bond donors (Lipinski definition) is 1. The second-order valence-corrected chi connectivity index (χ2v) is 6.36. The van der Waals surface area contributed by atoms with Gasteiger partial charge in [0.15, 0.2) is 0 Å². The van der Waals surface area contributed by atoms with E-state index in [1.807, 2.05) is 0 Å². The van der Waals surface area contributed by atoms with Gasteiger partial charge >= 0.3 is 0 Å². The molecule has 0 saturated heterocycles. The number of rotatable bonds is 7. The van der Waals surface area contributed by atoms with Crippen molar-refractivity contribution in [3.8, 4) is 0 Å². The van der Waals surface area contributed by atoms with Crippen LogP contribution in [0.5, 0.6) is 0 Å². The number of methoxy groups -OCH3 is 1. The lowest BCUT2D eigenvalue weighted by Gasteiger charge is -2.27. The number of nitrogens with one attached hydrogen (secondary N) is 1. The maximum Gasteiger partial charge on any atom is 0.0502 e. The zero-order valence-corrected chi connectivity index (χ0v) is 13.1. The molecule has 0 radical (unpaired) electrons. The van der Waals surface area contributed by atoms with Crippen LogP contribution in [0.1, 0.15) is 51.3 Å². The summed E-state index contributed by atoms with van der Waals surface area (Å²) in [5.74, 6) is 0. The topological polar surface area (TPSA) is 21.3 Å². The summed E-state index contributed by atoms with van der Waals surface area (Å²) < 4.78 is 5.12. The molecule has 19 heavy (non-hydrogen) atoms. The van der Waals surface area contributed by atoms with Gasteiger partial charge < -0.3 is 10.1 Å². The first-order valence-electron chi connectivity index (χ1n) is 7.27. The summed E-state index contributed by atoms with van der Waals surface area (Å²) in [6, 6.07) is 9.40. The van der Waals surface area contributed by atoms with Gasteiger partial charge in [0.1, 0.15) is 0 Å². The van der Waals surface area contributed by atoms with Crippen molar-refractivity contribution in [1.29, 1.82) is 0 Å². The molecule has 1 N–H and O–H groups in total. The van der Waals surface area contributed by atoms with Crippen LogP contribution in [0, 0.1) is 5.41 Å². The molecule has 0 amide bonds. The van der Waals surface area contributed by atoms with Gasteiger partial charge in [0.25, 0.3) is 0 Å². The predicted molar refractivity (Wildman–Crippen MR) is 82.5 cm³/mol. The minimum absolute atomic E-state index is 0.335. The molecule has 0 bridgehead atoms. The highest BCUT2D eigenvalue weighted by Gasteiger charge is 2.19. The van der Waals surface area contributed by atoms with Gasteiger partial charge in [-0.25, -0.2) is 0 Å². The monoisotopic (exact) mass is 263 g/mol. The smallest absolute Gasteiger partial charge is 0.0502 e. The third-order valence-corrected chi connectivity index (χ3v) is 3.24. The Morgan fingerprint density at radius 2 is 1.79 bits per heavy atom. The molecular weight excluding hydrogens is 234 g/mol. The minimum atomic E-state index is 0.335. The summed E-state index contributed by atoms with van der Waals surface area (Å²) in [5.41, 5.74) is 3.07. The molecule has 0 aromatic heterocycles. The Morgan fingerprint density at radius 1 is 1.16 bits per heavy atom. The number of ether oxygens (including phenoxy) is 1. The Kier molecular flexibility index (Phi) is 6.53. The van der Waals surface area contributed by atoms with Gasteiger partial charge in [-0.05, 0) is 35.9 Å². The lowest BCUT2D eigenvalue weighted by molar-refractivity contribution is 0.202. The summed E-state index contributed by atoms with van der Waals surface area (Å²) in [6.45, 7) is 10.9. The Hall–Kier alpha value is -0.860. The molecule has 1 atom stereocenters. The molecule has 0 aliphatic carbocycles. The quantitative estimate of drug-likeness (QED) is 0.804. The maximum atomic E-state index is 5.12. The van der Waals surface area contributed by atoms with Crippen molar-refractivity contribution in [2.75, 3.05) is 20.3 Å². The largest absolute Gasteiger partial charge is 0.384 e. The first-order chi connectivity index (χ1) is 8.96. The van der Waals surface area contributed by atoms with E-state index in [2.05, 4.69) is 57.3 Å². The van der Waals surface area contributed by atoms with E-state index in [4.69, 9.17) is 4.74 Å². The Balaban J connectivity index is 2.73. The second-order valence-electron chi connectivity index (χ2n) is 6.36. The van der Waals surface area contributed by atoms with Crippen molar-refractivity contribution >= 4 is 0 Å². The highest BCUT2D eigenvalue weighted by molar-refractivity contribution is 5.25. The van der Waals surface area contributed by atoms with Crippen LogP contribution in [-0.4, -0.2) is 20.3 Å². The van der Waals surface area contributed by atoms with Gasteiger partial charge in [-0.3, -0.25) is 0 Å². The molecule has 2 heteroatoms. The van der Waals surface area contributed by atoms with Gasteiger partial charge in [0.05, 0.1) is 6.61 Å². The van der Waals surface area contributed by atoms with E-state index in [1.54, 1.807) is 7.11 Å². The average Bonchev–Trinajstić information content (AvgIpc) is 2.35. The predicted octanol–water partition coefficient (Wildman–Crippen LogP) is 3.96. The van der Waals surface area contributed by atoms with Crippen molar-refractivity contribution in [1.82, 2.24) is 5.32 Å². The molecule has 1 aromatic rings. The first kappa shape index (κ1) is 16.2. The van der Waals surface area contributed by atoms with E-state index in [-0.39, 0.29) is 0 Å². The molecule has 0 aliphatic rings. The summed E-state index contributed by atoms with van der Waals surface area (Å²) in [4.78, 5) is 0. The Bertz CT molecular complexity index is 351. The fourth-order valence-electron chi connectivity index (χ4n) is 2.30. The average molecular weight is 263 g/mol. The van der Waals surface area contributed by atoms with Crippen LogP contribution in [0.25, 0.3) is 0 Å². The third kappa shape index (κ3) is 6.22. The van der Waals surface area contributed by atoms with E-state index in [9.17, 15) is 0 Å². The van der Waals surface area contributed by atoms with E-state index in [1.165, 1.54) is 11.1 Å². The van der Waals surface area contributed by atoms with Crippen molar-refractivity contribution in [3.63, 3.8) is 0 Å². The number of benzene rings is 1. The summed E-state index contributed by atoms with van der Waals surface area (Å²) >= 11 is 0. The van der Waals surface area contributed by atoms with E-state index < -0.39 is 0 Å². The van der Waals surface area contributed by atoms with Gasteiger partial charge in [-0.1, -0.05) is 52.0 Å². The van der Waals surface area contributed by atoms with Crippen LogP contribution < -0.4 is 5.32 Å². The van der Waals surface area contributed by atoms with Crippen LogP contribution in [0.4, 0.5) is 0 Å². The van der Waals surface area contributed by atoms with Gasteiger partial charge in [0, 0.05) is 13.2 Å². The molecule has 2 nitrogen and oxygen atoms in total. The van der Waals surface area contributed by atoms with Gasteiger partial charge in [-0.15, -0.1) is 0 Å². The molecule has 0 spiro atoms. The molecule has 1 rings (SSSR count). The van der Waals surface area contributed by atoms with Crippen LogP contribution in [0.3, 0.4) is 0 Å². The fraction of sp³-hybridized carbons (Fsp3) is 0.647. The highest BCUT2D eigenvalue weighted by Crippen LogP contribution is 2.29. The molecule has 0 saturated carbocycles. The van der Waals surface area contributed by atoms with E-state index >= 15 is 0 Å². The fourth-order valence-corrected chi connectivity index (χ4v) is 2.30. The molecule has 1 aromatic carbocycles. The Labute approximate surface area is 118 Å². The second kappa shape index (κ2) is 7.66. The van der Waals surface area contributed by atoms with Gasteiger partial charge in [0.2, 0.25) is 0 Å². The number of hydrogen-bond acceptors (Lipinski definition) is 2. The zero-order chi connectivity index (χ0) is 14.3. The molecule has 0 aliphatic heterocycles. The van der Waals surface area contributed by atoms with E-state index in [0.29, 0.717) is 11.5 Å². The molecule has 0 heterocycles. The third-order valence-electron chi connectivity index (χ3n) is 3.24. The van der Waals surface area contributed by atoms with Crippen LogP contribution in [0.2, 0.25) is 0 Å². The zero-order valence-electron chi connectivity index (χ0n) is 13.1. The summed E-state index contributed by atoms with van der Waals surface area (Å²) in [5, 5.41) is 3.59. The summed E-state index contributed by atoms with van der Waals surface area (Å²) in [6.07, 6.45) is 2.14. The molecular formula is C17H29NO. The SMILES string of the molecule is CCNC(CC(C)(C)C)c1ccc(CCOC)cc1. The molecule has 108 valence electrons. The van der Waals surface area contributed by atoms with Crippen molar-refractivity contribution in [2.24, 2.45) is 5.41 Å². The van der Waals surface area contributed by atoms with Crippen molar-refractivity contribution < 1.29 is 4.74 Å². The minimum Gasteiger partial charge on any atom is -0.384 e. The van der Waals surface area contributed by atoms with Crippen molar-refractivity contribution in [2.45, 2.75) is 46.6 Å². The lowest BCUT2D eigenvalue weighted by atomic mass is 9.85.